The minimum Gasteiger partial charge on any atom is -0.490 e. The zero-order valence-corrected chi connectivity index (χ0v) is 14.8. The lowest BCUT2D eigenvalue weighted by Gasteiger charge is -2.21. The summed E-state index contributed by atoms with van der Waals surface area (Å²) in [4.78, 5) is 12.3. The third kappa shape index (κ3) is 5.76. The highest BCUT2D eigenvalue weighted by Gasteiger charge is 2.19. The molecule has 22 heavy (non-hydrogen) atoms. The summed E-state index contributed by atoms with van der Waals surface area (Å²) >= 11 is 6.28. The number of carbonyl (C=O) groups excluding carboxylic acids is 1. The predicted molar refractivity (Wildman–Crippen MR) is 90.2 cm³/mol. The Bertz CT molecular complexity index is 509. The van der Waals surface area contributed by atoms with Crippen molar-refractivity contribution in [2.24, 2.45) is 0 Å². The molecule has 0 aliphatic heterocycles. The Hall–Kier alpha value is -1.42. The third-order valence-corrected chi connectivity index (χ3v) is 3.09. The maximum atomic E-state index is 12.3. The number of unbranched alkanes of at least 4 members (excludes halogenated alkanes) is 1. The molecule has 0 bridgehead atoms. The molecule has 0 fully saturated rings. The van der Waals surface area contributed by atoms with Gasteiger partial charge in [0.2, 0.25) is 0 Å². The Labute approximate surface area is 138 Å². The van der Waals surface area contributed by atoms with Crippen LogP contribution in [0.15, 0.2) is 12.1 Å². The van der Waals surface area contributed by atoms with E-state index in [1.807, 2.05) is 27.7 Å². The lowest BCUT2D eigenvalue weighted by Crippen LogP contribution is -2.40. The number of hydrogen-bond acceptors (Lipinski definition) is 3. The molecule has 0 saturated heterocycles. The summed E-state index contributed by atoms with van der Waals surface area (Å²) in [5.41, 5.74) is 0.150. The second-order valence-corrected chi connectivity index (χ2v) is 6.53. The monoisotopic (exact) mass is 327 g/mol. The van der Waals surface area contributed by atoms with E-state index in [1.165, 1.54) is 0 Å². The predicted octanol–water partition coefficient (Wildman–Crippen LogP) is 4.45. The summed E-state index contributed by atoms with van der Waals surface area (Å²) in [5.74, 6) is 0.824. The molecule has 5 heteroatoms. The Balaban J connectivity index is 3.05. The number of benzene rings is 1. The molecule has 0 atom stereocenters. The van der Waals surface area contributed by atoms with Gasteiger partial charge >= 0.3 is 0 Å². The van der Waals surface area contributed by atoms with Crippen LogP contribution in [0.5, 0.6) is 11.5 Å². The van der Waals surface area contributed by atoms with E-state index in [0.717, 1.165) is 12.8 Å². The van der Waals surface area contributed by atoms with E-state index in [1.54, 1.807) is 12.1 Å². The molecule has 1 amide bonds. The zero-order valence-electron chi connectivity index (χ0n) is 14.1. The maximum absolute atomic E-state index is 12.3. The second kappa shape index (κ2) is 8.28. The van der Waals surface area contributed by atoms with Crippen LogP contribution in [0.2, 0.25) is 5.02 Å². The van der Waals surface area contributed by atoms with Gasteiger partial charge in [-0.25, -0.2) is 0 Å². The standard InChI is InChI=1S/C17H26ClNO3/c1-6-8-9-22-15-13(18)10-12(11-14(15)21-7-2)16(20)19-17(3,4)5/h10-11H,6-9H2,1-5H3,(H,19,20). The normalized spacial score (nSPS) is 11.2. The van der Waals surface area contributed by atoms with Gasteiger partial charge in [0, 0.05) is 11.1 Å². The smallest absolute Gasteiger partial charge is 0.251 e. The van der Waals surface area contributed by atoms with Gasteiger partial charge in [0.1, 0.15) is 0 Å². The lowest BCUT2D eigenvalue weighted by atomic mass is 10.1. The van der Waals surface area contributed by atoms with E-state index in [-0.39, 0.29) is 11.4 Å². The van der Waals surface area contributed by atoms with Crippen LogP contribution in [-0.2, 0) is 0 Å². The third-order valence-electron chi connectivity index (χ3n) is 2.80. The molecule has 0 aliphatic carbocycles. The van der Waals surface area contributed by atoms with Gasteiger partial charge < -0.3 is 14.8 Å². The van der Waals surface area contributed by atoms with Crippen molar-refractivity contribution in [3.8, 4) is 11.5 Å². The fourth-order valence-electron chi connectivity index (χ4n) is 1.83. The Morgan fingerprint density at radius 3 is 2.45 bits per heavy atom. The summed E-state index contributed by atoms with van der Waals surface area (Å²) in [6.07, 6.45) is 1.97. The number of halogens is 1. The van der Waals surface area contributed by atoms with Crippen molar-refractivity contribution in [3.05, 3.63) is 22.7 Å². The van der Waals surface area contributed by atoms with Crippen LogP contribution >= 0.6 is 11.6 Å². The Morgan fingerprint density at radius 2 is 1.91 bits per heavy atom. The molecular weight excluding hydrogens is 302 g/mol. The largest absolute Gasteiger partial charge is 0.490 e. The molecule has 1 rings (SSSR count). The van der Waals surface area contributed by atoms with Crippen LogP contribution in [0, 0.1) is 0 Å². The van der Waals surface area contributed by atoms with E-state index >= 15 is 0 Å². The SMILES string of the molecule is CCCCOc1c(Cl)cc(C(=O)NC(C)(C)C)cc1OCC. The van der Waals surface area contributed by atoms with Crippen molar-refractivity contribution in [3.63, 3.8) is 0 Å². The van der Waals surface area contributed by atoms with Gasteiger partial charge in [0.25, 0.3) is 5.91 Å². The molecular formula is C17H26ClNO3. The van der Waals surface area contributed by atoms with Crippen LogP contribution in [0.1, 0.15) is 57.8 Å². The Kier molecular flexibility index (Phi) is 7.01. The van der Waals surface area contributed by atoms with Gasteiger partial charge in [-0.1, -0.05) is 24.9 Å². The van der Waals surface area contributed by atoms with E-state index in [4.69, 9.17) is 21.1 Å². The second-order valence-electron chi connectivity index (χ2n) is 6.12. The van der Waals surface area contributed by atoms with Crippen molar-refractivity contribution in [2.45, 2.75) is 53.0 Å². The molecule has 0 radical (unpaired) electrons. The zero-order chi connectivity index (χ0) is 16.8. The van der Waals surface area contributed by atoms with Gasteiger partial charge in [0.15, 0.2) is 11.5 Å². The first-order valence-corrected chi connectivity index (χ1v) is 8.08. The van der Waals surface area contributed by atoms with E-state index < -0.39 is 0 Å². The minimum absolute atomic E-state index is 0.185. The average molecular weight is 328 g/mol. The summed E-state index contributed by atoms with van der Waals surface area (Å²) in [5, 5.41) is 3.30. The van der Waals surface area contributed by atoms with E-state index in [9.17, 15) is 4.79 Å². The van der Waals surface area contributed by atoms with Crippen LogP contribution in [0.4, 0.5) is 0 Å². The van der Waals surface area contributed by atoms with Gasteiger partial charge in [-0.15, -0.1) is 0 Å². The number of hydrogen-bond donors (Lipinski definition) is 1. The summed E-state index contributed by atoms with van der Waals surface area (Å²) < 4.78 is 11.3. The molecule has 0 aromatic heterocycles. The van der Waals surface area contributed by atoms with Crippen molar-refractivity contribution >= 4 is 17.5 Å². The van der Waals surface area contributed by atoms with Crippen molar-refractivity contribution in [1.82, 2.24) is 5.32 Å². The first-order chi connectivity index (χ1) is 10.3. The first kappa shape index (κ1) is 18.6. The van der Waals surface area contributed by atoms with Crippen LogP contribution in [0.3, 0.4) is 0 Å². The molecule has 0 saturated carbocycles. The van der Waals surface area contributed by atoms with Gasteiger partial charge in [-0.3, -0.25) is 4.79 Å². The van der Waals surface area contributed by atoms with Gasteiger partial charge in [0.05, 0.1) is 18.2 Å². The molecule has 4 nitrogen and oxygen atoms in total. The quantitative estimate of drug-likeness (QED) is 0.753. The summed E-state index contributed by atoms with van der Waals surface area (Å²) in [6.45, 7) is 10.8. The van der Waals surface area contributed by atoms with E-state index in [0.29, 0.717) is 35.3 Å². The molecule has 1 aromatic rings. The van der Waals surface area contributed by atoms with E-state index in [2.05, 4.69) is 12.2 Å². The summed E-state index contributed by atoms with van der Waals surface area (Å²) in [6, 6.07) is 3.30. The van der Waals surface area contributed by atoms with Crippen molar-refractivity contribution < 1.29 is 14.3 Å². The molecule has 0 aliphatic rings. The highest BCUT2D eigenvalue weighted by Crippen LogP contribution is 2.37. The van der Waals surface area contributed by atoms with Crippen LogP contribution in [-0.4, -0.2) is 24.7 Å². The number of amides is 1. The molecule has 0 heterocycles. The van der Waals surface area contributed by atoms with Crippen LogP contribution in [0.25, 0.3) is 0 Å². The fourth-order valence-corrected chi connectivity index (χ4v) is 2.10. The molecule has 1 N–H and O–H groups in total. The van der Waals surface area contributed by atoms with Gasteiger partial charge in [-0.2, -0.15) is 0 Å². The van der Waals surface area contributed by atoms with Crippen molar-refractivity contribution in [2.75, 3.05) is 13.2 Å². The summed E-state index contributed by atoms with van der Waals surface area (Å²) in [7, 11) is 0. The average Bonchev–Trinajstić information content (AvgIpc) is 2.40. The molecule has 1 aromatic carbocycles. The highest BCUT2D eigenvalue weighted by molar-refractivity contribution is 6.32. The number of carbonyl (C=O) groups is 1. The lowest BCUT2D eigenvalue weighted by molar-refractivity contribution is 0.0919. The van der Waals surface area contributed by atoms with Gasteiger partial charge in [-0.05, 0) is 46.2 Å². The maximum Gasteiger partial charge on any atom is 0.251 e. The number of ether oxygens (including phenoxy) is 2. The fraction of sp³-hybridized carbons (Fsp3) is 0.588. The number of rotatable bonds is 7. The minimum atomic E-state index is -0.314. The Morgan fingerprint density at radius 1 is 1.23 bits per heavy atom. The molecule has 0 spiro atoms. The number of nitrogens with one attached hydrogen (secondary N) is 1. The topological polar surface area (TPSA) is 47.6 Å². The van der Waals surface area contributed by atoms with Crippen LogP contribution < -0.4 is 14.8 Å². The highest BCUT2D eigenvalue weighted by atomic mass is 35.5. The molecule has 124 valence electrons. The van der Waals surface area contributed by atoms with Crippen molar-refractivity contribution in [1.29, 1.82) is 0 Å². The first-order valence-electron chi connectivity index (χ1n) is 7.70. The molecule has 0 unspecified atom stereocenters.